The Bertz CT molecular complexity index is 1160. The third-order valence-corrected chi connectivity index (χ3v) is 7.25. The van der Waals surface area contributed by atoms with Gasteiger partial charge in [-0.15, -0.1) is 5.10 Å². The second-order valence-corrected chi connectivity index (χ2v) is 10.2. The second kappa shape index (κ2) is 14.6. The predicted molar refractivity (Wildman–Crippen MR) is 146 cm³/mol. The van der Waals surface area contributed by atoms with Crippen molar-refractivity contribution in [1.82, 2.24) is 41.1 Å². The van der Waals surface area contributed by atoms with Gasteiger partial charge in [0, 0.05) is 52.0 Å². The molecule has 0 spiro atoms. The molecule has 3 aliphatic heterocycles. The summed E-state index contributed by atoms with van der Waals surface area (Å²) in [6.07, 6.45) is 3.74. The van der Waals surface area contributed by atoms with Gasteiger partial charge >= 0.3 is 0 Å². The van der Waals surface area contributed by atoms with Crippen LogP contribution in [0.4, 0.5) is 0 Å². The Hall–Kier alpha value is -3.74. The number of carbonyl (C=O) groups excluding carboxylic acids is 3. The van der Waals surface area contributed by atoms with E-state index in [2.05, 4.69) is 31.5 Å². The van der Waals surface area contributed by atoms with Crippen LogP contribution in [0.15, 0.2) is 18.2 Å². The number of benzene rings is 1. The lowest BCUT2D eigenvalue weighted by atomic mass is 10.1. The van der Waals surface area contributed by atoms with Crippen LogP contribution in [0, 0.1) is 6.92 Å². The molecule has 1 saturated heterocycles. The van der Waals surface area contributed by atoms with E-state index in [1.54, 1.807) is 18.7 Å². The molecule has 2 atom stereocenters. The zero-order chi connectivity index (χ0) is 28.3. The zero-order valence-electron chi connectivity index (χ0n) is 23.4. The summed E-state index contributed by atoms with van der Waals surface area (Å²) in [7, 11) is 1.59. The first-order valence-electron chi connectivity index (χ1n) is 14.0. The van der Waals surface area contributed by atoms with E-state index in [4.69, 9.17) is 9.47 Å². The number of tetrazole rings is 1. The number of hydrogen-bond acceptors (Lipinski definition) is 9. The van der Waals surface area contributed by atoms with Gasteiger partial charge in [-0.2, -0.15) is 0 Å². The summed E-state index contributed by atoms with van der Waals surface area (Å²) in [6.45, 7) is 4.88. The number of aryl methyl sites for hydroxylation is 3. The fourth-order valence-electron chi connectivity index (χ4n) is 4.92. The minimum absolute atomic E-state index is 0.0123. The molecule has 40 heavy (non-hydrogen) atoms. The molecule has 2 aromatic rings. The van der Waals surface area contributed by atoms with E-state index in [0.717, 1.165) is 18.4 Å². The Morgan fingerprint density at radius 1 is 1.12 bits per heavy atom. The molecule has 1 fully saturated rings. The van der Waals surface area contributed by atoms with E-state index in [1.165, 1.54) is 0 Å². The van der Waals surface area contributed by atoms with Gasteiger partial charge in [0.2, 0.25) is 17.7 Å². The molecular formula is C27H40N8O5. The van der Waals surface area contributed by atoms with E-state index in [9.17, 15) is 14.4 Å². The van der Waals surface area contributed by atoms with Crippen LogP contribution in [-0.4, -0.2) is 94.8 Å². The van der Waals surface area contributed by atoms with Crippen molar-refractivity contribution in [3.63, 3.8) is 0 Å². The highest BCUT2D eigenvalue weighted by atomic mass is 16.5. The van der Waals surface area contributed by atoms with Gasteiger partial charge in [0.25, 0.3) is 0 Å². The first-order chi connectivity index (χ1) is 19.4. The van der Waals surface area contributed by atoms with E-state index >= 15 is 0 Å². The van der Waals surface area contributed by atoms with Crippen LogP contribution in [-0.2, 0) is 27.3 Å². The number of nitrogens with one attached hydrogen (secondary N) is 3. The van der Waals surface area contributed by atoms with E-state index < -0.39 is 0 Å². The zero-order valence-corrected chi connectivity index (χ0v) is 23.4. The Kier molecular flexibility index (Phi) is 10.7. The molecule has 4 bridgehead atoms. The Labute approximate surface area is 234 Å². The summed E-state index contributed by atoms with van der Waals surface area (Å²) in [5.74, 6) is 1.82. The van der Waals surface area contributed by atoms with Crippen molar-refractivity contribution in [2.75, 3.05) is 39.8 Å². The highest BCUT2D eigenvalue weighted by Gasteiger charge is 2.31. The number of methoxy groups -OCH3 is 1. The van der Waals surface area contributed by atoms with Gasteiger partial charge in [0.05, 0.1) is 19.7 Å². The molecule has 13 nitrogen and oxygen atoms in total. The quantitative estimate of drug-likeness (QED) is 0.485. The number of aromatic nitrogens is 4. The van der Waals surface area contributed by atoms with Crippen molar-refractivity contribution >= 4 is 17.7 Å². The molecule has 3 N–H and O–H groups in total. The number of ether oxygens (including phenoxy) is 2. The summed E-state index contributed by atoms with van der Waals surface area (Å²) in [6, 6.07) is 5.36. The van der Waals surface area contributed by atoms with Crippen LogP contribution in [0.25, 0.3) is 0 Å². The third-order valence-electron chi connectivity index (χ3n) is 7.25. The van der Waals surface area contributed by atoms with Crippen LogP contribution in [0.5, 0.6) is 11.5 Å². The third kappa shape index (κ3) is 8.38. The maximum atomic E-state index is 13.0. The van der Waals surface area contributed by atoms with Gasteiger partial charge in [-0.05, 0) is 60.7 Å². The lowest BCUT2D eigenvalue weighted by molar-refractivity contribution is -0.131. The predicted octanol–water partition coefficient (Wildman–Crippen LogP) is 0.367. The molecule has 3 amide bonds. The molecule has 0 aliphatic carbocycles. The number of carbonyl (C=O) groups is 3. The summed E-state index contributed by atoms with van der Waals surface area (Å²) in [4.78, 5) is 40.0. The average Bonchev–Trinajstić information content (AvgIpc) is 3.60. The lowest BCUT2D eigenvalue weighted by Crippen LogP contribution is -2.41. The molecule has 3 aliphatic rings. The lowest BCUT2D eigenvalue weighted by Gasteiger charge is -2.23. The van der Waals surface area contributed by atoms with Gasteiger partial charge in [-0.3, -0.25) is 14.4 Å². The first kappa shape index (κ1) is 29.2. The monoisotopic (exact) mass is 556 g/mol. The summed E-state index contributed by atoms with van der Waals surface area (Å²) in [5, 5.41) is 20.6. The van der Waals surface area contributed by atoms with Crippen molar-refractivity contribution in [1.29, 1.82) is 0 Å². The number of nitrogens with zero attached hydrogens (tertiary/aromatic N) is 5. The molecule has 4 heterocycles. The highest BCUT2D eigenvalue weighted by molar-refractivity contribution is 5.82. The summed E-state index contributed by atoms with van der Waals surface area (Å²) < 4.78 is 13.3. The molecule has 13 heteroatoms. The maximum absolute atomic E-state index is 13.0. The van der Waals surface area contributed by atoms with Crippen LogP contribution in [0.1, 0.15) is 49.9 Å². The molecule has 1 aromatic carbocycles. The van der Waals surface area contributed by atoms with Crippen molar-refractivity contribution < 1.29 is 23.9 Å². The van der Waals surface area contributed by atoms with Crippen LogP contribution in [0.3, 0.4) is 0 Å². The van der Waals surface area contributed by atoms with Gasteiger partial charge in [-0.1, -0.05) is 6.07 Å². The van der Waals surface area contributed by atoms with Crippen LogP contribution >= 0.6 is 0 Å². The molecule has 0 radical (unpaired) electrons. The SMILES string of the molecule is COc1cc2ccc1O[C@@H]1CN[C@@H](C1)C(=O)NCCCCN(C(=O)CCn1nnnc1C)CCCNC(=O)CC2. The average molecular weight is 557 g/mol. The first-order valence-corrected chi connectivity index (χ1v) is 14.0. The number of hydrogen-bond donors (Lipinski definition) is 3. The Morgan fingerprint density at radius 2 is 1.95 bits per heavy atom. The standard InChI is InChI=1S/C27H40N8O5/c1-19-31-32-33-35(19)15-10-26(37)34-13-4-3-11-29-27(38)22-17-21(18-30-22)40-23-8-6-20(16-24(23)39-2)7-9-25(36)28-12-5-14-34/h6,8,16,21-22,30H,3-5,7,9-15,17-18H2,1-2H3,(H,28,36)(H,29,38)/t21-,22-/m0/s1. The van der Waals surface area contributed by atoms with Crippen molar-refractivity contribution in [2.24, 2.45) is 0 Å². The Balaban J connectivity index is 1.37. The molecule has 218 valence electrons. The number of rotatable bonds is 4. The van der Waals surface area contributed by atoms with Crippen molar-refractivity contribution in [2.45, 2.75) is 70.6 Å². The minimum atomic E-state index is -0.320. The molecule has 1 aromatic heterocycles. The maximum Gasteiger partial charge on any atom is 0.237 e. The summed E-state index contributed by atoms with van der Waals surface area (Å²) in [5.41, 5.74) is 0.970. The van der Waals surface area contributed by atoms with Gasteiger partial charge in [0.1, 0.15) is 11.9 Å². The summed E-state index contributed by atoms with van der Waals surface area (Å²) >= 11 is 0. The van der Waals surface area contributed by atoms with E-state index in [-0.39, 0.29) is 36.3 Å². The number of fused-ring (bicyclic) bond motifs is 15. The van der Waals surface area contributed by atoms with Crippen LogP contribution in [0.2, 0.25) is 0 Å². The normalized spacial score (nSPS) is 21.5. The molecule has 5 rings (SSSR count). The topological polar surface area (TPSA) is 153 Å². The van der Waals surface area contributed by atoms with Crippen molar-refractivity contribution in [3.8, 4) is 11.5 Å². The fourth-order valence-corrected chi connectivity index (χ4v) is 4.92. The largest absolute Gasteiger partial charge is 0.493 e. The fraction of sp³-hybridized carbons (Fsp3) is 0.630. The minimum Gasteiger partial charge on any atom is -0.493 e. The molecule has 0 unspecified atom stereocenters. The molecule has 0 saturated carbocycles. The van der Waals surface area contributed by atoms with Crippen LogP contribution < -0.4 is 25.4 Å². The second-order valence-electron chi connectivity index (χ2n) is 10.2. The van der Waals surface area contributed by atoms with E-state index in [1.807, 2.05) is 23.1 Å². The van der Waals surface area contributed by atoms with Crippen molar-refractivity contribution in [3.05, 3.63) is 29.6 Å². The van der Waals surface area contributed by atoms with E-state index in [0.29, 0.717) is 82.3 Å². The smallest absolute Gasteiger partial charge is 0.237 e. The van der Waals surface area contributed by atoms with Gasteiger partial charge < -0.3 is 30.3 Å². The van der Waals surface area contributed by atoms with Gasteiger partial charge in [0.15, 0.2) is 11.5 Å². The number of amides is 3. The molecular weight excluding hydrogens is 516 g/mol. The Morgan fingerprint density at radius 3 is 2.75 bits per heavy atom. The highest BCUT2D eigenvalue weighted by Crippen LogP contribution is 2.30. The van der Waals surface area contributed by atoms with Gasteiger partial charge in [-0.25, -0.2) is 4.68 Å².